The van der Waals surface area contributed by atoms with Gasteiger partial charge in [-0.3, -0.25) is 0 Å². The first kappa shape index (κ1) is 25.2. The Balaban J connectivity index is 0.00000392. The second-order valence-corrected chi connectivity index (χ2v) is 9.01. The van der Waals surface area contributed by atoms with Crippen LogP contribution in [0.5, 0.6) is 0 Å². The van der Waals surface area contributed by atoms with Crippen molar-refractivity contribution in [1.82, 2.24) is 15.4 Å². The molecule has 0 atom stereocenters. The van der Waals surface area contributed by atoms with E-state index >= 15 is 0 Å². The van der Waals surface area contributed by atoms with E-state index in [1.165, 1.54) is 45.6 Å². The average molecular weight is 522 g/mol. The van der Waals surface area contributed by atoms with Crippen LogP contribution in [0.4, 0.5) is 0 Å². The van der Waals surface area contributed by atoms with Crippen LogP contribution in [-0.2, 0) is 16.6 Å². The molecular formula is C20H35IN4O2S. The highest BCUT2D eigenvalue weighted by atomic mass is 127. The molecule has 0 saturated heterocycles. The molecule has 1 saturated carbocycles. The molecule has 0 unspecified atom stereocenters. The number of guanidine groups is 1. The minimum Gasteiger partial charge on any atom is -0.357 e. The third-order valence-corrected chi connectivity index (χ3v) is 6.50. The highest BCUT2D eigenvalue weighted by Crippen LogP contribution is 2.28. The molecule has 1 aliphatic rings. The Kier molecular flexibility index (Phi) is 12.0. The second-order valence-electron chi connectivity index (χ2n) is 7.12. The molecule has 28 heavy (non-hydrogen) atoms. The molecule has 0 bridgehead atoms. The first-order valence-electron chi connectivity index (χ1n) is 10.1. The van der Waals surface area contributed by atoms with Crippen molar-refractivity contribution in [3.05, 3.63) is 29.8 Å². The van der Waals surface area contributed by atoms with Crippen LogP contribution in [-0.4, -0.2) is 34.5 Å². The van der Waals surface area contributed by atoms with Gasteiger partial charge in [0.25, 0.3) is 0 Å². The molecule has 0 aliphatic heterocycles. The molecular weight excluding hydrogens is 487 g/mol. The maximum absolute atomic E-state index is 11.8. The van der Waals surface area contributed by atoms with Crippen molar-refractivity contribution in [1.29, 1.82) is 0 Å². The molecule has 8 heteroatoms. The Morgan fingerprint density at radius 3 is 2.39 bits per heavy atom. The topological polar surface area (TPSA) is 82.6 Å². The lowest BCUT2D eigenvalue weighted by atomic mass is 10.0. The largest absolute Gasteiger partial charge is 0.357 e. The molecule has 6 nitrogen and oxygen atoms in total. The Labute approximate surface area is 187 Å². The van der Waals surface area contributed by atoms with Crippen LogP contribution >= 0.6 is 24.0 Å². The zero-order valence-electron chi connectivity index (χ0n) is 17.0. The Morgan fingerprint density at radius 1 is 1.11 bits per heavy atom. The van der Waals surface area contributed by atoms with E-state index in [9.17, 15) is 8.42 Å². The minimum atomic E-state index is -3.39. The third kappa shape index (κ3) is 8.65. The van der Waals surface area contributed by atoms with E-state index in [2.05, 4.69) is 27.3 Å². The predicted molar refractivity (Wildman–Crippen MR) is 127 cm³/mol. The smallest absolute Gasteiger partial charge is 0.240 e. The van der Waals surface area contributed by atoms with E-state index in [1.54, 1.807) is 24.3 Å². The van der Waals surface area contributed by atoms with E-state index < -0.39 is 10.0 Å². The fraction of sp³-hybridized carbons (Fsp3) is 0.650. The Hall–Kier alpha value is -0.870. The maximum Gasteiger partial charge on any atom is 0.240 e. The molecule has 1 aromatic carbocycles. The van der Waals surface area contributed by atoms with E-state index in [4.69, 9.17) is 0 Å². The predicted octanol–water partition coefficient (Wildman–Crippen LogP) is 3.63. The standard InChI is InChI=1S/C20H34N4O2S.HI/c1-3-22-20(23-15-7-6-10-17-8-4-5-9-17)24-16-18-11-13-19(14-12-18)27(25,26)21-2;/h11-14,17,21H,3-10,15-16H2,1-2H3,(H2,22,23,24);1H. The zero-order chi connectivity index (χ0) is 19.5. The van der Waals surface area contributed by atoms with Gasteiger partial charge in [0.1, 0.15) is 0 Å². The number of halogens is 1. The van der Waals surface area contributed by atoms with Crippen molar-refractivity contribution in [2.24, 2.45) is 10.9 Å². The summed E-state index contributed by atoms with van der Waals surface area (Å²) in [7, 11) is -1.98. The fourth-order valence-electron chi connectivity index (χ4n) is 3.47. The van der Waals surface area contributed by atoms with Crippen molar-refractivity contribution in [2.75, 3.05) is 20.1 Å². The van der Waals surface area contributed by atoms with Gasteiger partial charge in [0.15, 0.2) is 5.96 Å². The number of sulfonamides is 1. The van der Waals surface area contributed by atoms with Gasteiger partial charge in [-0.15, -0.1) is 24.0 Å². The summed E-state index contributed by atoms with van der Waals surface area (Å²) in [4.78, 5) is 4.87. The van der Waals surface area contributed by atoms with Crippen molar-refractivity contribution in [2.45, 2.75) is 63.3 Å². The summed E-state index contributed by atoms with van der Waals surface area (Å²) in [6, 6.07) is 6.83. The molecule has 1 fully saturated rings. The van der Waals surface area contributed by atoms with Crippen molar-refractivity contribution >= 4 is 40.0 Å². The van der Waals surface area contributed by atoms with Crippen molar-refractivity contribution in [3.8, 4) is 0 Å². The lowest BCUT2D eigenvalue weighted by Gasteiger charge is -2.12. The summed E-state index contributed by atoms with van der Waals surface area (Å²) in [5, 5.41) is 6.66. The van der Waals surface area contributed by atoms with Crippen LogP contribution in [0.15, 0.2) is 34.2 Å². The number of benzene rings is 1. The SMILES string of the molecule is CCNC(=NCc1ccc(S(=O)(=O)NC)cc1)NCCCCC1CCCC1.I. The third-order valence-electron chi connectivity index (χ3n) is 5.07. The summed E-state index contributed by atoms with van der Waals surface area (Å²) in [5.74, 6) is 1.77. The quantitative estimate of drug-likeness (QED) is 0.190. The van der Waals surface area contributed by atoms with E-state index in [1.807, 2.05) is 0 Å². The van der Waals surface area contributed by atoms with Crippen LogP contribution in [0.1, 0.15) is 57.4 Å². The summed E-state index contributed by atoms with van der Waals surface area (Å²) in [5.41, 5.74) is 0.975. The van der Waals surface area contributed by atoms with E-state index in [0.29, 0.717) is 6.54 Å². The first-order chi connectivity index (χ1) is 13.0. The van der Waals surface area contributed by atoms with Gasteiger partial charge in [-0.25, -0.2) is 18.1 Å². The monoisotopic (exact) mass is 522 g/mol. The normalized spacial score (nSPS) is 15.3. The van der Waals surface area contributed by atoms with Crippen molar-refractivity contribution in [3.63, 3.8) is 0 Å². The van der Waals surface area contributed by atoms with Gasteiger partial charge < -0.3 is 10.6 Å². The molecule has 0 radical (unpaired) electrons. The van der Waals surface area contributed by atoms with Gasteiger partial charge in [0.05, 0.1) is 11.4 Å². The van der Waals surface area contributed by atoms with Gasteiger partial charge >= 0.3 is 0 Å². The number of unbranched alkanes of at least 4 members (excludes halogenated alkanes) is 1. The van der Waals surface area contributed by atoms with Crippen molar-refractivity contribution < 1.29 is 8.42 Å². The van der Waals surface area contributed by atoms with Gasteiger partial charge in [-0.1, -0.05) is 50.7 Å². The molecule has 0 amide bonds. The molecule has 0 heterocycles. The van der Waals surface area contributed by atoms with Gasteiger partial charge in [-0.2, -0.15) is 0 Å². The van der Waals surface area contributed by atoms with Gasteiger partial charge in [-0.05, 0) is 44.0 Å². The van der Waals surface area contributed by atoms with Gasteiger partial charge in [0, 0.05) is 13.1 Å². The number of rotatable bonds is 10. The molecule has 0 spiro atoms. The molecule has 2 rings (SSSR count). The Bertz CT molecular complexity index is 687. The zero-order valence-corrected chi connectivity index (χ0v) is 20.2. The lowest BCUT2D eigenvalue weighted by Crippen LogP contribution is -2.37. The molecule has 1 aromatic rings. The maximum atomic E-state index is 11.8. The van der Waals surface area contributed by atoms with Crippen LogP contribution in [0.25, 0.3) is 0 Å². The molecule has 0 aromatic heterocycles. The summed E-state index contributed by atoms with van der Waals surface area (Å²) < 4.78 is 25.8. The fourth-order valence-corrected chi connectivity index (χ4v) is 4.20. The summed E-state index contributed by atoms with van der Waals surface area (Å²) in [6.07, 6.45) is 9.48. The Morgan fingerprint density at radius 2 is 1.79 bits per heavy atom. The summed E-state index contributed by atoms with van der Waals surface area (Å²) >= 11 is 0. The lowest BCUT2D eigenvalue weighted by molar-refractivity contribution is 0.472. The molecule has 3 N–H and O–H groups in total. The minimum absolute atomic E-state index is 0. The number of aliphatic imine (C=N–C) groups is 1. The molecule has 1 aliphatic carbocycles. The highest BCUT2D eigenvalue weighted by molar-refractivity contribution is 14.0. The number of nitrogens with zero attached hydrogens (tertiary/aromatic N) is 1. The average Bonchev–Trinajstić information content (AvgIpc) is 3.19. The van der Waals surface area contributed by atoms with Crippen LogP contribution in [0.3, 0.4) is 0 Å². The van der Waals surface area contributed by atoms with Crippen LogP contribution in [0.2, 0.25) is 0 Å². The first-order valence-corrected chi connectivity index (χ1v) is 11.6. The number of nitrogens with one attached hydrogen (secondary N) is 3. The van der Waals surface area contributed by atoms with Gasteiger partial charge in [0.2, 0.25) is 10.0 Å². The van der Waals surface area contributed by atoms with Crippen LogP contribution < -0.4 is 15.4 Å². The number of hydrogen-bond donors (Lipinski definition) is 3. The summed E-state index contributed by atoms with van der Waals surface area (Å²) in [6.45, 7) is 4.30. The number of hydrogen-bond acceptors (Lipinski definition) is 3. The second kappa shape index (κ2) is 13.4. The highest BCUT2D eigenvalue weighted by Gasteiger charge is 2.14. The van der Waals surface area contributed by atoms with E-state index in [0.717, 1.165) is 37.0 Å². The van der Waals surface area contributed by atoms with Crippen LogP contribution in [0, 0.1) is 5.92 Å². The molecule has 160 valence electrons. The van der Waals surface area contributed by atoms with E-state index in [-0.39, 0.29) is 28.9 Å².